The number of nitrogens with one attached hydrogen (secondary N) is 1. The maximum Gasteiger partial charge on any atom is 0.281 e. The molecule has 0 spiro atoms. The van der Waals surface area contributed by atoms with Crippen LogP contribution in [0.15, 0.2) is 0 Å². The highest BCUT2D eigenvalue weighted by Crippen LogP contribution is 2.16. The molecule has 18 heavy (non-hydrogen) atoms. The molecule has 0 saturated carbocycles. The van der Waals surface area contributed by atoms with Gasteiger partial charge in [-0.25, -0.2) is 0 Å². The number of hydrogen-bond acceptors (Lipinski definition) is 4. The van der Waals surface area contributed by atoms with E-state index in [0.717, 1.165) is 0 Å². The molecule has 110 valence electrons. The first-order chi connectivity index (χ1) is 7.87. The van der Waals surface area contributed by atoms with Gasteiger partial charge < -0.3 is 10.1 Å². The minimum Gasteiger partial charge on any atom is -0.373 e. The first kappa shape index (κ1) is 18.1. The average Bonchev–Trinajstić information content (AvgIpc) is 2.24. The number of halogens is 1. The van der Waals surface area contributed by atoms with Gasteiger partial charge in [0.05, 0.1) is 12.2 Å². The number of ether oxygens (including phenoxy) is 1. The smallest absolute Gasteiger partial charge is 0.281 e. The summed E-state index contributed by atoms with van der Waals surface area (Å²) in [5, 5.41) is 2.94. The lowest BCUT2D eigenvalue weighted by Gasteiger charge is -2.36. The number of hydrogen-bond donors (Lipinski definition) is 1. The lowest BCUT2D eigenvalue weighted by atomic mass is 10.3. The minimum absolute atomic E-state index is 0. The fraction of sp³-hybridized carbons (Fsp3) is 1.00. The molecule has 1 fully saturated rings. The van der Waals surface area contributed by atoms with Crippen LogP contribution < -0.4 is 5.32 Å². The van der Waals surface area contributed by atoms with Gasteiger partial charge in [-0.1, -0.05) is 0 Å². The highest BCUT2D eigenvalue weighted by atomic mass is 35.5. The molecular formula is C10H24ClN3O3S. The highest BCUT2D eigenvalue weighted by Gasteiger charge is 2.33. The zero-order chi connectivity index (χ0) is 13.1. The number of morpholine rings is 1. The van der Waals surface area contributed by atoms with Crippen LogP contribution in [0.1, 0.15) is 13.8 Å². The molecule has 2 atom stereocenters. The SMILES string of the molecule is CNCCN(C)S(=O)(=O)N1CC(C)OC(C)C1.Cl. The van der Waals surface area contributed by atoms with E-state index in [2.05, 4.69) is 5.32 Å². The predicted octanol–water partition coefficient (Wildman–Crippen LogP) is -0.0866. The second kappa shape index (κ2) is 7.62. The van der Waals surface area contributed by atoms with Crippen LogP contribution in [-0.4, -0.2) is 69.5 Å². The summed E-state index contributed by atoms with van der Waals surface area (Å²) in [5.41, 5.74) is 0. The lowest BCUT2D eigenvalue weighted by molar-refractivity contribution is -0.0452. The third kappa shape index (κ3) is 4.64. The molecule has 1 aliphatic rings. The Bertz CT molecular complexity index is 329. The topological polar surface area (TPSA) is 61.9 Å². The van der Waals surface area contributed by atoms with E-state index in [1.807, 2.05) is 13.8 Å². The van der Waals surface area contributed by atoms with E-state index in [4.69, 9.17) is 4.74 Å². The Kier molecular flexibility index (Phi) is 7.65. The van der Waals surface area contributed by atoms with Gasteiger partial charge in [0.15, 0.2) is 0 Å². The Morgan fingerprint density at radius 2 is 1.83 bits per heavy atom. The van der Waals surface area contributed by atoms with Crippen molar-refractivity contribution in [2.45, 2.75) is 26.1 Å². The van der Waals surface area contributed by atoms with Gasteiger partial charge in [0.25, 0.3) is 10.2 Å². The van der Waals surface area contributed by atoms with E-state index in [1.165, 1.54) is 8.61 Å². The molecule has 0 amide bonds. The molecule has 1 heterocycles. The van der Waals surface area contributed by atoms with Crippen molar-refractivity contribution < 1.29 is 13.2 Å². The zero-order valence-electron chi connectivity index (χ0n) is 11.4. The van der Waals surface area contributed by atoms with Crippen LogP contribution in [0.4, 0.5) is 0 Å². The summed E-state index contributed by atoms with van der Waals surface area (Å²) in [6.07, 6.45) is -0.0996. The molecule has 0 bridgehead atoms. The first-order valence-corrected chi connectivity index (χ1v) is 7.29. The summed E-state index contributed by atoms with van der Waals surface area (Å²) in [4.78, 5) is 0. The van der Waals surface area contributed by atoms with E-state index in [-0.39, 0.29) is 24.6 Å². The van der Waals surface area contributed by atoms with E-state index in [9.17, 15) is 8.42 Å². The Morgan fingerprint density at radius 3 is 2.28 bits per heavy atom. The van der Waals surface area contributed by atoms with Gasteiger partial charge >= 0.3 is 0 Å². The molecule has 0 aliphatic carbocycles. The average molecular weight is 302 g/mol. The fourth-order valence-corrected chi connectivity index (χ4v) is 3.41. The molecule has 8 heteroatoms. The van der Waals surface area contributed by atoms with Gasteiger partial charge in [0.1, 0.15) is 0 Å². The molecule has 1 N–H and O–H groups in total. The predicted molar refractivity (Wildman–Crippen MR) is 74.3 cm³/mol. The monoisotopic (exact) mass is 301 g/mol. The van der Waals surface area contributed by atoms with Crippen LogP contribution in [0.5, 0.6) is 0 Å². The summed E-state index contributed by atoms with van der Waals surface area (Å²) in [6.45, 7) is 5.76. The van der Waals surface area contributed by atoms with Gasteiger partial charge in [0, 0.05) is 33.2 Å². The van der Waals surface area contributed by atoms with Crippen molar-refractivity contribution in [1.29, 1.82) is 0 Å². The zero-order valence-corrected chi connectivity index (χ0v) is 13.1. The van der Waals surface area contributed by atoms with Crippen LogP contribution in [0.3, 0.4) is 0 Å². The normalized spacial score (nSPS) is 26.1. The molecule has 1 saturated heterocycles. The minimum atomic E-state index is -3.35. The van der Waals surface area contributed by atoms with Gasteiger partial charge in [-0.05, 0) is 20.9 Å². The summed E-state index contributed by atoms with van der Waals surface area (Å²) in [6, 6.07) is 0. The van der Waals surface area contributed by atoms with Crippen molar-refractivity contribution in [3.8, 4) is 0 Å². The Labute approximate surface area is 116 Å². The second-order valence-corrected chi connectivity index (χ2v) is 6.54. The summed E-state index contributed by atoms with van der Waals surface area (Å²) in [7, 11) is 0.0601. The third-order valence-electron chi connectivity index (χ3n) is 2.78. The lowest BCUT2D eigenvalue weighted by Crippen LogP contribution is -2.52. The molecule has 6 nitrogen and oxygen atoms in total. The Balaban J connectivity index is 0.00000289. The Morgan fingerprint density at radius 1 is 1.33 bits per heavy atom. The molecule has 2 unspecified atom stereocenters. The van der Waals surface area contributed by atoms with Crippen molar-refractivity contribution in [1.82, 2.24) is 13.9 Å². The van der Waals surface area contributed by atoms with Gasteiger partial charge in [-0.3, -0.25) is 0 Å². The molecule has 0 aromatic carbocycles. The largest absolute Gasteiger partial charge is 0.373 e. The van der Waals surface area contributed by atoms with Gasteiger partial charge in [-0.15, -0.1) is 12.4 Å². The fourth-order valence-electron chi connectivity index (χ4n) is 1.90. The van der Waals surface area contributed by atoms with Gasteiger partial charge in [-0.2, -0.15) is 17.0 Å². The molecule has 0 aromatic heterocycles. The quantitative estimate of drug-likeness (QED) is 0.771. The number of nitrogens with zero attached hydrogens (tertiary/aromatic N) is 2. The van der Waals surface area contributed by atoms with Crippen molar-refractivity contribution >= 4 is 22.6 Å². The molecule has 1 aliphatic heterocycles. The first-order valence-electron chi connectivity index (χ1n) is 5.89. The van der Waals surface area contributed by atoms with Crippen LogP contribution >= 0.6 is 12.4 Å². The summed E-state index contributed by atoms with van der Waals surface area (Å²) in [5.74, 6) is 0. The molecule has 1 rings (SSSR count). The van der Waals surface area contributed by atoms with E-state index in [1.54, 1.807) is 14.1 Å². The van der Waals surface area contributed by atoms with E-state index >= 15 is 0 Å². The van der Waals surface area contributed by atoms with Crippen molar-refractivity contribution in [3.05, 3.63) is 0 Å². The summed E-state index contributed by atoms with van der Waals surface area (Å²) >= 11 is 0. The number of rotatable bonds is 5. The summed E-state index contributed by atoms with van der Waals surface area (Å²) < 4.78 is 32.9. The van der Waals surface area contributed by atoms with Crippen LogP contribution in [0.2, 0.25) is 0 Å². The standard InChI is InChI=1S/C10H23N3O3S.ClH/c1-9-7-13(8-10(2)16-9)17(14,15)12(4)6-5-11-3;/h9-11H,5-8H2,1-4H3;1H. The number of likely N-dealkylation sites (N-methyl/N-ethyl adjacent to an activating group) is 2. The van der Waals surface area contributed by atoms with Gasteiger partial charge in [0.2, 0.25) is 0 Å². The maximum atomic E-state index is 12.3. The second-order valence-electron chi connectivity index (χ2n) is 4.51. The molecular weight excluding hydrogens is 278 g/mol. The third-order valence-corrected chi connectivity index (χ3v) is 4.70. The van der Waals surface area contributed by atoms with Crippen LogP contribution in [-0.2, 0) is 14.9 Å². The molecule has 0 aromatic rings. The van der Waals surface area contributed by atoms with Crippen LogP contribution in [0.25, 0.3) is 0 Å². The Hall–Kier alpha value is 0.0800. The van der Waals surface area contributed by atoms with Crippen molar-refractivity contribution in [3.63, 3.8) is 0 Å². The van der Waals surface area contributed by atoms with Crippen molar-refractivity contribution in [2.75, 3.05) is 40.3 Å². The maximum absolute atomic E-state index is 12.3. The van der Waals surface area contributed by atoms with E-state index < -0.39 is 10.2 Å². The molecule has 0 radical (unpaired) electrons. The van der Waals surface area contributed by atoms with Crippen molar-refractivity contribution in [2.24, 2.45) is 0 Å². The highest BCUT2D eigenvalue weighted by molar-refractivity contribution is 7.86. The van der Waals surface area contributed by atoms with Crippen LogP contribution in [0, 0.1) is 0 Å². The van der Waals surface area contributed by atoms with E-state index in [0.29, 0.717) is 26.2 Å².